The number of hydrogen-bond donors (Lipinski definition) is 2. The maximum atomic E-state index is 11.1. The molecular weight excluding hydrogens is 432 g/mol. The minimum atomic E-state index is -0.698. The Hall–Kier alpha value is -3.13. The van der Waals surface area contributed by atoms with Crippen LogP contribution in [0.25, 0.3) is 22.8 Å². The standard InChI is InChI=1S/C23H25ClN4O4/c1-13(2)31-19-7-5-15(10-18(19)24)21-27-22(32-28-21)17-6-8-20(26-12-17)25-11-14-3-4-16(9-14)23(29)30/h5-8,10,12-14,16H,3-4,9,11H2,1-2H3,(H,25,26)(H,29,30). The highest BCUT2D eigenvalue weighted by molar-refractivity contribution is 6.32. The van der Waals surface area contributed by atoms with Crippen molar-refractivity contribution in [1.29, 1.82) is 0 Å². The Morgan fingerprint density at radius 1 is 1.28 bits per heavy atom. The van der Waals surface area contributed by atoms with Crippen molar-refractivity contribution >= 4 is 23.4 Å². The number of aromatic nitrogens is 3. The molecule has 1 fully saturated rings. The molecule has 0 saturated heterocycles. The Kier molecular flexibility index (Phi) is 6.60. The first-order valence-electron chi connectivity index (χ1n) is 10.6. The van der Waals surface area contributed by atoms with Gasteiger partial charge in [-0.2, -0.15) is 4.98 Å². The maximum Gasteiger partial charge on any atom is 0.306 e. The third-order valence-electron chi connectivity index (χ3n) is 5.45. The van der Waals surface area contributed by atoms with E-state index >= 15 is 0 Å². The highest BCUT2D eigenvalue weighted by Crippen LogP contribution is 2.32. The van der Waals surface area contributed by atoms with E-state index in [-0.39, 0.29) is 12.0 Å². The van der Waals surface area contributed by atoms with Crippen molar-refractivity contribution in [2.75, 3.05) is 11.9 Å². The Labute approximate surface area is 191 Å². The second-order valence-corrected chi connectivity index (χ2v) is 8.67. The van der Waals surface area contributed by atoms with Crippen LogP contribution in [0.3, 0.4) is 0 Å². The third kappa shape index (κ3) is 5.19. The summed E-state index contributed by atoms with van der Waals surface area (Å²) in [4.78, 5) is 20.0. The summed E-state index contributed by atoms with van der Waals surface area (Å²) in [5, 5.41) is 16.9. The highest BCUT2D eigenvalue weighted by Gasteiger charge is 2.29. The average Bonchev–Trinajstić information content (AvgIpc) is 3.44. The van der Waals surface area contributed by atoms with Crippen molar-refractivity contribution < 1.29 is 19.2 Å². The van der Waals surface area contributed by atoms with E-state index < -0.39 is 5.97 Å². The largest absolute Gasteiger partial charge is 0.489 e. The summed E-state index contributed by atoms with van der Waals surface area (Å²) in [5.74, 6) is 1.54. The maximum absolute atomic E-state index is 11.1. The second-order valence-electron chi connectivity index (χ2n) is 8.26. The minimum absolute atomic E-state index is 0.0277. The summed E-state index contributed by atoms with van der Waals surface area (Å²) in [6.45, 7) is 4.58. The summed E-state index contributed by atoms with van der Waals surface area (Å²) in [7, 11) is 0. The molecule has 0 spiro atoms. The van der Waals surface area contributed by atoms with Gasteiger partial charge in [-0.15, -0.1) is 0 Å². The van der Waals surface area contributed by atoms with Crippen LogP contribution in [-0.4, -0.2) is 38.8 Å². The van der Waals surface area contributed by atoms with Gasteiger partial charge in [0.05, 0.1) is 22.6 Å². The minimum Gasteiger partial charge on any atom is -0.489 e. The topological polar surface area (TPSA) is 110 Å². The molecule has 9 heteroatoms. The van der Waals surface area contributed by atoms with Gasteiger partial charge in [-0.25, -0.2) is 4.98 Å². The van der Waals surface area contributed by atoms with Crippen molar-refractivity contribution in [2.45, 2.75) is 39.2 Å². The van der Waals surface area contributed by atoms with E-state index in [9.17, 15) is 4.79 Å². The van der Waals surface area contributed by atoms with Crippen molar-refractivity contribution in [3.05, 3.63) is 41.6 Å². The monoisotopic (exact) mass is 456 g/mol. The Balaban J connectivity index is 1.38. The summed E-state index contributed by atoms with van der Waals surface area (Å²) in [6, 6.07) is 9.07. The SMILES string of the molecule is CC(C)Oc1ccc(-c2noc(-c3ccc(NCC4CCC(C(=O)O)C4)nc3)n2)cc1Cl. The third-order valence-corrected chi connectivity index (χ3v) is 5.75. The van der Waals surface area contributed by atoms with Gasteiger partial charge in [0.25, 0.3) is 5.89 Å². The molecule has 0 radical (unpaired) electrons. The number of nitrogens with zero attached hydrogens (tertiary/aromatic N) is 3. The average molecular weight is 457 g/mol. The smallest absolute Gasteiger partial charge is 0.306 e. The molecular formula is C23H25ClN4O4. The number of pyridine rings is 1. The van der Waals surface area contributed by atoms with E-state index in [2.05, 4.69) is 20.4 Å². The number of carboxylic acid groups (broad SMARTS) is 1. The number of carboxylic acids is 1. The van der Waals surface area contributed by atoms with Crippen molar-refractivity contribution in [3.63, 3.8) is 0 Å². The Morgan fingerprint density at radius 2 is 2.09 bits per heavy atom. The molecule has 0 bridgehead atoms. The van der Waals surface area contributed by atoms with Crippen LogP contribution in [0, 0.1) is 11.8 Å². The number of rotatable bonds is 8. The number of anilines is 1. The molecule has 2 N–H and O–H groups in total. The molecule has 2 aromatic heterocycles. The van der Waals surface area contributed by atoms with Gasteiger partial charge >= 0.3 is 5.97 Å². The van der Waals surface area contributed by atoms with Crippen LogP contribution in [0.1, 0.15) is 33.1 Å². The zero-order valence-electron chi connectivity index (χ0n) is 17.9. The van der Waals surface area contributed by atoms with Crippen molar-refractivity contribution in [2.24, 2.45) is 11.8 Å². The first kappa shape index (κ1) is 22.1. The van der Waals surface area contributed by atoms with Crippen LogP contribution in [0.2, 0.25) is 5.02 Å². The van der Waals surface area contributed by atoms with E-state index in [0.29, 0.717) is 46.9 Å². The number of benzene rings is 1. The van der Waals surface area contributed by atoms with Crippen molar-refractivity contribution in [1.82, 2.24) is 15.1 Å². The molecule has 3 aromatic rings. The van der Waals surface area contributed by atoms with Crippen LogP contribution in [-0.2, 0) is 4.79 Å². The lowest BCUT2D eigenvalue weighted by Gasteiger charge is -2.11. The molecule has 168 valence electrons. The highest BCUT2D eigenvalue weighted by atomic mass is 35.5. The molecule has 1 aliphatic carbocycles. The first-order valence-corrected chi connectivity index (χ1v) is 11.0. The first-order chi connectivity index (χ1) is 15.4. The number of carbonyl (C=O) groups is 1. The van der Waals surface area contributed by atoms with Gasteiger partial charge in [0.1, 0.15) is 11.6 Å². The van der Waals surface area contributed by atoms with E-state index in [4.69, 9.17) is 26.0 Å². The molecule has 32 heavy (non-hydrogen) atoms. The van der Waals surface area contributed by atoms with Gasteiger partial charge in [0.15, 0.2) is 0 Å². The van der Waals surface area contributed by atoms with E-state index in [1.807, 2.05) is 32.0 Å². The number of halogens is 1. The molecule has 2 heterocycles. The summed E-state index contributed by atoms with van der Waals surface area (Å²) in [5.41, 5.74) is 1.43. The lowest BCUT2D eigenvalue weighted by Crippen LogP contribution is -2.14. The fourth-order valence-electron chi connectivity index (χ4n) is 3.81. The Bertz CT molecular complexity index is 1080. The summed E-state index contributed by atoms with van der Waals surface area (Å²) in [6.07, 6.45) is 4.06. The molecule has 8 nitrogen and oxygen atoms in total. The van der Waals surface area contributed by atoms with Gasteiger partial charge in [-0.1, -0.05) is 16.8 Å². The molecule has 4 rings (SSSR count). The molecule has 0 aliphatic heterocycles. The van der Waals surface area contributed by atoms with Gasteiger partial charge in [-0.05, 0) is 69.4 Å². The lowest BCUT2D eigenvalue weighted by molar-refractivity contribution is -0.141. The van der Waals surface area contributed by atoms with Gasteiger partial charge in [-0.3, -0.25) is 4.79 Å². The van der Waals surface area contributed by atoms with Crippen LogP contribution >= 0.6 is 11.6 Å². The molecule has 1 saturated carbocycles. The number of nitrogens with one attached hydrogen (secondary N) is 1. The quantitative estimate of drug-likeness (QED) is 0.478. The second kappa shape index (κ2) is 9.56. The predicted molar refractivity (Wildman–Crippen MR) is 121 cm³/mol. The summed E-state index contributed by atoms with van der Waals surface area (Å²) >= 11 is 6.31. The van der Waals surface area contributed by atoms with Gasteiger partial charge < -0.3 is 19.7 Å². The number of hydrogen-bond acceptors (Lipinski definition) is 7. The summed E-state index contributed by atoms with van der Waals surface area (Å²) < 4.78 is 11.1. The molecule has 1 aliphatic rings. The zero-order valence-corrected chi connectivity index (χ0v) is 18.7. The van der Waals surface area contributed by atoms with E-state index in [1.165, 1.54) is 0 Å². The normalized spacial score (nSPS) is 18.1. The molecule has 1 aromatic carbocycles. The van der Waals surface area contributed by atoms with Crippen LogP contribution in [0.5, 0.6) is 5.75 Å². The fourth-order valence-corrected chi connectivity index (χ4v) is 4.03. The van der Waals surface area contributed by atoms with Crippen LogP contribution in [0.4, 0.5) is 5.82 Å². The number of ether oxygens (including phenoxy) is 1. The molecule has 0 amide bonds. The van der Waals surface area contributed by atoms with Crippen LogP contribution in [0.15, 0.2) is 41.1 Å². The zero-order chi connectivity index (χ0) is 22.7. The molecule has 2 unspecified atom stereocenters. The lowest BCUT2D eigenvalue weighted by atomic mass is 10.1. The predicted octanol–water partition coefficient (Wildman–Crippen LogP) is 5.15. The van der Waals surface area contributed by atoms with E-state index in [1.54, 1.807) is 18.3 Å². The van der Waals surface area contributed by atoms with Gasteiger partial charge in [0, 0.05) is 18.3 Å². The van der Waals surface area contributed by atoms with E-state index in [0.717, 1.165) is 24.2 Å². The molecule has 2 atom stereocenters. The number of aliphatic carboxylic acids is 1. The Morgan fingerprint density at radius 3 is 2.75 bits per heavy atom. The van der Waals surface area contributed by atoms with Crippen molar-refractivity contribution in [3.8, 4) is 28.6 Å². The van der Waals surface area contributed by atoms with Gasteiger partial charge in [0.2, 0.25) is 5.82 Å². The van der Waals surface area contributed by atoms with Crippen LogP contribution < -0.4 is 10.1 Å². The fraction of sp³-hybridized carbons (Fsp3) is 0.391.